The first-order chi connectivity index (χ1) is 14.8. The van der Waals surface area contributed by atoms with E-state index in [4.69, 9.17) is 4.74 Å². The third-order valence-electron chi connectivity index (χ3n) is 6.23. The minimum Gasteiger partial charge on any atom is -0.497 e. The van der Waals surface area contributed by atoms with Crippen LogP contribution in [0.5, 0.6) is 5.75 Å². The van der Waals surface area contributed by atoms with Crippen molar-refractivity contribution in [3.63, 3.8) is 0 Å². The van der Waals surface area contributed by atoms with E-state index in [0.29, 0.717) is 43.9 Å². The second kappa shape index (κ2) is 8.82. The average molecular weight is 432 g/mol. The van der Waals surface area contributed by atoms with Gasteiger partial charge in [0.15, 0.2) is 0 Å². The maximum Gasteiger partial charge on any atom is 0.246 e. The normalized spacial score (nSPS) is 26.2. The van der Waals surface area contributed by atoms with E-state index in [-0.39, 0.29) is 41.5 Å². The van der Waals surface area contributed by atoms with Gasteiger partial charge >= 0.3 is 0 Å². The van der Waals surface area contributed by atoms with Crippen molar-refractivity contribution in [2.45, 2.75) is 50.9 Å². The zero-order chi connectivity index (χ0) is 22.1. The number of rotatable bonds is 6. The summed E-state index contributed by atoms with van der Waals surface area (Å²) in [5.74, 6) is -0.291. The molecule has 3 aliphatic rings. The molecule has 0 radical (unpaired) electrons. The number of hydrogen-bond donors (Lipinski definition) is 2. The third-order valence-corrected chi connectivity index (χ3v) is 6.23. The van der Waals surface area contributed by atoms with E-state index in [1.54, 1.807) is 17.0 Å². The fraction of sp³-hybridized carbons (Fsp3) is 0.591. The number of hydrogen-bond acceptors (Lipinski definition) is 5. The molecule has 168 valence electrons. The van der Waals surface area contributed by atoms with E-state index >= 15 is 0 Å². The first-order valence-corrected chi connectivity index (χ1v) is 10.8. The van der Waals surface area contributed by atoms with Crippen molar-refractivity contribution in [2.24, 2.45) is 5.92 Å². The van der Waals surface area contributed by atoms with Crippen molar-refractivity contribution in [2.75, 3.05) is 26.7 Å². The van der Waals surface area contributed by atoms with Crippen molar-refractivity contribution in [1.29, 1.82) is 0 Å². The molecule has 2 aliphatic heterocycles. The molecule has 1 saturated carbocycles. The zero-order valence-electron chi connectivity index (χ0n) is 17.9. The van der Waals surface area contributed by atoms with Gasteiger partial charge < -0.3 is 20.3 Å². The number of amides is 3. The quantitative estimate of drug-likeness (QED) is 0.689. The van der Waals surface area contributed by atoms with Gasteiger partial charge in [0.2, 0.25) is 17.7 Å². The molecule has 4 rings (SSSR count). The molecule has 8 nitrogen and oxygen atoms in total. The number of halogens is 1. The first-order valence-electron chi connectivity index (χ1n) is 10.8. The van der Waals surface area contributed by atoms with Crippen LogP contribution in [0.1, 0.15) is 31.7 Å². The van der Waals surface area contributed by atoms with Gasteiger partial charge in [0.1, 0.15) is 17.6 Å². The van der Waals surface area contributed by atoms with E-state index in [9.17, 15) is 18.8 Å². The number of carbonyl (C=O) groups excluding carboxylic acids is 3. The molecule has 2 heterocycles. The summed E-state index contributed by atoms with van der Waals surface area (Å²) in [5, 5.41) is 5.81. The third kappa shape index (κ3) is 4.98. The average Bonchev–Trinajstić information content (AvgIpc) is 3.51. The lowest BCUT2D eigenvalue weighted by Gasteiger charge is -2.25. The molecule has 3 fully saturated rings. The highest BCUT2D eigenvalue weighted by molar-refractivity contribution is 5.90. The molecule has 0 spiro atoms. The summed E-state index contributed by atoms with van der Waals surface area (Å²) < 4.78 is 19.6. The predicted molar refractivity (Wildman–Crippen MR) is 111 cm³/mol. The number of ether oxygens (including phenoxy) is 1. The Labute approximate surface area is 181 Å². The zero-order valence-corrected chi connectivity index (χ0v) is 17.9. The molecule has 1 aromatic carbocycles. The van der Waals surface area contributed by atoms with Crippen molar-refractivity contribution >= 4 is 17.7 Å². The molecule has 2 N–H and O–H groups in total. The topological polar surface area (TPSA) is 91.0 Å². The van der Waals surface area contributed by atoms with Crippen molar-refractivity contribution in [3.8, 4) is 5.75 Å². The van der Waals surface area contributed by atoms with E-state index in [0.717, 1.165) is 12.8 Å². The number of methoxy groups -OCH3 is 1. The van der Waals surface area contributed by atoms with Gasteiger partial charge in [-0.1, -0.05) is 6.07 Å². The summed E-state index contributed by atoms with van der Waals surface area (Å²) in [6, 6.07) is 3.83. The Morgan fingerprint density at radius 2 is 1.97 bits per heavy atom. The fourth-order valence-corrected chi connectivity index (χ4v) is 4.56. The van der Waals surface area contributed by atoms with E-state index in [2.05, 4.69) is 10.6 Å². The minimum atomic E-state index is -0.685. The molecule has 1 aliphatic carbocycles. The summed E-state index contributed by atoms with van der Waals surface area (Å²) in [6.45, 7) is 3.06. The standard InChI is InChI=1S/C22H29FN4O4/c1-13(28)24-16-7-17-11-26(9-15-5-6-18(31-2)8-19(15)23)12-20(22(30)27(17)10-16)25-21(29)14-3-4-14/h5-6,8,14,16-17,20H,3-4,7,9-12H2,1-2H3,(H,24,28)(H,25,29)/t16-,17-,20-/m0/s1. The second-order valence-electron chi connectivity index (χ2n) is 8.76. The van der Waals surface area contributed by atoms with Gasteiger partial charge in [0.25, 0.3) is 0 Å². The monoisotopic (exact) mass is 432 g/mol. The Balaban J connectivity index is 1.54. The predicted octanol–water partition coefficient (Wildman–Crippen LogP) is 0.650. The molecule has 0 bridgehead atoms. The smallest absolute Gasteiger partial charge is 0.246 e. The number of nitrogens with one attached hydrogen (secondary N) is 2. The number of nitrogens with zero attached hydrogens (tertiary/aromatic N) is 2. The van der Waals surface area contributed by atoms with Crippen LogP contribution in [0, 0.1) is 11.7 Å². The first kappa shape index (κ1) is 21.5. The lowest BCUT2D eigenvalue weighted by Crippen LogP contribution is -2.52. The summed E-state index contributed by atoms with van der Waals surface area (Å²) in [7, 11) is 1.49. The molecule has 1 aromatic rings. The van der Waals surface area contributed by atoms with Gasteiger partial charge in [0.05, 0.1) is 7.11 Å². The van der Waals surface area contributed by atoms with Crippen molar-refractivity contribution < 1.29 is 23.5 Å². The van der Waals surface area contributed by atoms with E-state index in [1.807, 2.05) is 4.90 Å². The molecule has 0 aromatic heterocycles. The van der Waals surface area contributed by atoms with Gasteiger partial charge in [-0.2, -0.15) is 0 Å². The summed E-state index contributed by atoms with van der Waals surface area (Å²) in [4.78, 5) is 40.9. The molecule has 9 heteroatoms. The van der Waals surface area contributed by atoms with Gasteiger partial charge in [-0.25, -0.2) is 4.39 Å². The van der Waals surface area contributed by atoms with Crippen LogP contribution in [0.3, 0.4) is 0 Å². The maximum absolute atomic E-state index is 14.6. The van der Waals surface area contributed by atoms with E-state index < -0.39 is 6.04 Å². The minimum absolute atomic E-state index is 0.00922. The highest BCUT2D eigenvalue weighted by Crippen LogP contribution is 2.30. The van der Waals surface area contributed by atoms with Crippen LogP contribution in [-0.4, -0.2) is 72.4 Å². The highest BCUT2D eigenvalue weighted by atomic mass is 19.1. The van der Waals surface area contributed by atoms with Crippen LogP contribution >= 0.6 is 0 Å². The van der Waals surface area contributed by atoms with Crippen LogP contribution in [0.25, 0.3) is 0 Å². The molecule has 0 unspecified atom stereocenters. The molecular formula is C22H29FN4O4. The maximum atomic E-state index is 14.6. The largest absolute Gasteiger partial charge is 0.497 e. The Kier molecular flexibility index (Phi) is 6.13. The Hall–Kier alpha value is -2.68. The van der Waals surface area contributed by atoms with Gasteiger partial charge in [0, 0.05) is 62.7 Å². The fourth-order valence-electron chi connectivity index (χ4n) is 4.56. The molecule has 2 saturated heterocycles. The Morgan fingerprint density at radius 1 is 1.19 bits per heavy atom. The molecule has 3 amide bonds. The molecular weight excluding hydrogens is 403 g/mol. The lowest BCUT2D eigenvalue weighted by molar-refractivity contribution is -0.136. The highest BCUT2D eigenvalue weighted by Gasteiger charge is 2.43. The van der Waals surface area contributed by atoms with Crippen molar-refractivity contribution in [1.82, 2.24) is 20.4 Å². The van der Waals surface area contributed by atoms with Gasteiger partial charge in [-0.15, -0.1) is 0 Å². The van der Waals surface area contributed by atoms with Gasteiger partial charge in [-0.05, 0) is 25.3 Å². The van der Waals surface area contributed by atoms with Crippen LogP contribution in [0.15, 0.2) is 18.2 Å². The van der Waals surface area contributed by atoms with Crippen LogP contribution in [0.2, 0.25) is 0 Å². The number of carbonyl (C=O) groups is 3. The van der Waals surface area contributed by atoms with E-state index in [1.165, 1.54) is 20.1 Å². The van der Waals surface area contributed by atoms with Gasteiger partial charge in [-0.3, -0.25) is 19.3 Å². The summed E-state index contributed by atoms with van der Waals surface area (Å²) in [5.41, 5.74) is 0.505. The van der Waals surface area contributed by atoms with Crippen LogP contribution in [0.4, 0.5) is 4.39 Å². The SMILES string of the molecule is COc1ccc(CN2C[C@@H]3C[C@H](NC(C)=O)CN3C(=O)[C@@H](NC(=O)C3CC3)C2)c(F)c1. The Bertz CT molecular complexity index is 875. The lowest BCUT2D eigenvalue weighted by atomic mass is 10.1. The summed E-state index contributed by atoms with van der Waals surface area (Å²) in [6.07, 6.45) is 2.34. The number of fused-ring (bicyclic) bond motifs is 1. The molecule has 31 heavy (non-hydrogen) atoms. The van der Waals surface area contributed by atoms with Crippen LogP contribution < -0.4 is 15.4 Å². The Morgan fingerprint density at radius 3 is 2.61 bits per heavy atom. The second-order valence-corrected chi connectivity index (χ2v) is 8.76. The molecule has 3 atom stereocenters. The van der Waals surface area contributed by atoms with Crippen molar-refractivity contribution in [3.05, 3.63) is 29.6 Å². The number of benzene rings is 1. The summed E-state index contributed by atoms with van der Waals surface area (Å²) >= 11 is 0. The van der Waals surface area contributed by atoms with Crippen LogP contribution in [-0.2, 0) is 20.9 Å².